The lowest BCUT2D eigenvalue weighted by molar-refractivity contribution is -0.228. The molecule has 60 heavy (non-hydrogen) atoms. The van der Waals surface area contributed by atoms with Gasteiger partial charge in [0, 0.05) is 96.9 Å². The van der Waals surface area contributed by atoms with Gasteiger partial charge in [0.05, 0.1) is 27.4 Å². The number of fused-ring (bicyclic) bond motifs is 4. The monoisotopic (exact) mass is 822 g/mol. The fourth-order valence-electron chi connectivity index (χ4n) is 12.2. The van der Waals surface area contributed by atoms with Crippen molar-refractivity contribution in [2.45, 2.75) is 93.9 Å². The van der Waals surface area contributed by atoms with Crippen molar-refractivity contribution >= 4 is 46.7 Å². The number of aromatic nitrogens is 1. The van der Waals surface area contributed by atoms with E-state index >= 15 is 4.79 Å². The Morgan fingerprint density at radius 1 is 1.02 bits per heavy atom. The first kappa shape index (κ1) is 41.3. The molecule has 5 heterocycles. The van der Waals surface area contributed by atoms with Crippen LogP contribution in [0, 0.1) is 5.41 Å². The molecule has 2 fully saturated rings. The number of rotatable bonds is 8. The second-order valence-corrected chi connectivity index (χ2v) is 17.0. The molecule has 1 saturated carbocycles. The summed E-state index contributed by atoms with van der Waals surface area (Å²) in [5.74, 6) is -2.22. The molecular formula is C46H54N4O10. The molecule has 3 aromatic rings. The molecule has 14 heteroatoms. The van der Waals surface area contributed by atoms with Gasteiger partial charge in [-0.15, -0.1) is 0 Å². The lowest BCUT2D eigenvalue weighted by Gasteiger charge is -2.63. The number of methoxy groups -OCH3 is 3. The molecule has 0 bridgehead atoms. The highest BCUT2D eigenvalue weighted by molar-refractivity contribution is 5.99. The minimum atomic E-state index is -2.37. The molecule has 1 unspecified atom stereocenters. The number of ketones is 1. The number of nitrogens with one attached hydrogen (secondary N) is 1. The van der Waals surface area contributed by atoms with Crippen LogP contribution in [0.4, 0.5) is 5.69 Å². The van der Waals surface area contributed by atoms with E-state index in [9.17, 15) is 24.3 Å². The first-order chi connectivity index (χ1) is 28.8. The Hall–Kier alpha value is -5.47. The summed E-state index contributed by atoms with van der Waals surface area (Å²) >= 11 is 0. The lowest BCUT2D eigenvalue weighted by atomic mass is 9.47. The number of aromatic amines is 1. The van der Waals surface area contributed by atoms with Crippen LogP contribution in [0.2, 0.25) is 0 Å². The van der Waals surface area contributed by atoms with E-state index in [1.807, 2.05) is 67.3 Å². The minimum absolute atomic E-state index is 0.0107. The van der Waals surface area contributed by atoms with E-state index in [0.29, 0.717) is 55.7 Å². The summed E-state index contributed by atoms with van der Waals surface area (Å²) in [5, 5.41) is 14.1. The van der Waals surface area contributed by atoms with Crippen molar-refractivity contribution in [1.29, 1.82) is 0 Å². The van der Waals surface area contributed by atoms with Gasteiger partial charge < -0.3 is 38.8 Å². The number of hydrogen-bond acceptors (Lipinski definition) is 12. The first-order valence-electron chi connectivity index (χ1n) is 20.7. The normalized spacial score (nSPS) is 31.8. The Labute approximate surface area is 349 Å². The van der Waals surface area contributed by atoms with Crippen molar-refractivity contribution in [2.75, 3.05) is 52.9 Å². The number of esters is 3. The van der Waals surface area contributed by atoms with Gasteiger partial charge in [0.1, 0.15) is 16.9 Å². The summed E-state index contributed by atoms with van der Waals surface area (Å²) in [6.07, 6.45) is 6.60. The minimum Gasteiger partial charge on any atom is -0.496 e. The van der Waals surface area contributed by atoms with E-state index in [1.165, 1.54) is 28.3 Å². The number of nitrogens with zero attached hydrogens (tertiary/aromatic N) is 3. The zero-order chi connectivity index (χ0) is 42.9. The Kier molecular flexibility index (Phi) is 10.3. The number of amides is 1. The summed E-state index contributed by atoms with van der Waals surface area (Å²) in [6.45, 7) is 6.64. The smallest absolute Gasteiger partial charge is 0.344 e. The van der Waals surface area contributed by atoms with Crippen molar-refractivity contribution in [1.82, 2.24) is 14.8 Å². The molecule has 2 N–H and O–H groups in total. The lowest BCUT2D eigenvalue weighted by Crippen LogP contribution is -2.81. The van der Waals surface area contributed by atoms with E-state index < -0.39 is 51.9 Å². The molecular weight excluding hydrogens is 769 g/mol. The second kappa shape index (κ2) is 14.9. The van der Waals surface area contributed by atoms with Gasteiger partial charge in [-0.05, 0) is 61.1 Å². The molecule has 7 atom stereocenters. The van der Waals surface area contributed by atoms with E-state index in [0.717, 1.165) is 34.0 Å². The van der Waals surface area contributed by atoms with E-state index in [4.69, 9.17) is 18.9 Å². The van der Waals surface area contributed by atoms with Crippen molar-refractivity contribution in [3.63, 3.8) is 0 Å². The van der Waals surface area contributed by atoms with Crippen molar-refractivity contribution in [3.8, 4) is 5.75 Å². The zero-order valence-electron chi connectivity index (χ0n) is 35.3. The fraction of sp³-hybridized carbons (Fsp3) is 0.500. The number of ether oxygens (including phenoxy) is 4. The average Bonchev–Trinajstić information content (AvgIpc) is 3.90. The first-order valence-corrected chi connectivity index (χ1v) is 20.7. The van der Waals surface area contributed by atoms with Crippen molar-refractivity contribution < 1.29 is 48.0 Å². The molecule has 5 aliphatic rings. The van der Waals surface area contributed by atoms with Crippen LogP contribution < -0.4 is 9.64 Å². The van der Waals surface area contributed by atoms with Crippen molar-refractivity contribution in [2.24, 2.45) is 5.41 Å². The predicted molar refractivity (Wildman–Crippen MR) is 221 cm³/mol. The maximum Gasteiger partial charge on any atom is 0.344 e. The molecule has 2 aromatic carbocycles. The van der Waals surface area contributed by atoms with Gasteiger partial charge in [0.15, 0.2) is 6.10 Å². The highest BCUT2D eigenvalue weighted by Crippen LogP contribution is 2.68. The maximum absolute atomic E-state index is 15.2. The summed E-state index contributed by atoms with van der Waals surface area (Å²) in [4.78, 5) is 78.9. The third kappa shape index (κ3) is 5.48. The number of aliphatic hydroxyl groups is 1. The largest absolute Gasteiger partial charge is 0.496 e. The highest BCUT2D eigenvalue weighted by Gasteiger charge is 2.80. The standard InChI is InChI=1S/C46H54N4O10/c1-8-28-21-29(53)24-45(41(54)58-6,37-31(15-19-49(25-28)26-51)30-13-10-11-14-34(30)47-37)33-22-32-35(23-36(33)57-5)48(4)39-44(32)17-20-50-18-12-16-43(9-2,38(44)50)40(60-27(3)52)46(39,56)42(55)59-7/h10-14,16,22-23,25-26,38-40,47,56H,8-9,15,17-21,24H2,1-7H3/b28-25-/t38-,39+,40+,43+,44?,45-,46-/m0/s1. The number of Topliss-reactive ketones (excluding diaryl/α,β-unsaturated/α-hetero) is 1. The number of carbonyl (C=O) groups excluding carboxylic acids is 5. The van der Waals surface area contributed by atoms with Gasteiger partial charge in [-0.3, -0.25) is 24.1 Å². The third-order valence-electron chi connectivity index (χ3n) is 14.4. The molecule has 1 amide bonds. The molecule has 1 aromatic heterocycles. The van der Waals surface area contributed by atoms with Crippen molar-refractivity contribution in [3.05, 3.63) is 82.7 Å². The van der Waals surface area contributed by atoms with Crippen LogP contribution in [0.1, 0.15) is 75.3 Å². The van der Waals surface area contributed by atoms with Crippen LogP contribution in [0.5, 0.6) is 5.75 Å². The Morgan fingerprint density at radius 3 is 2.43 bits per heavy atom. The number of H-pyrrole nitrogens is 1. The Balaban J connectivity index is 1.47. The molecule has 1 aliphatic carbocycles. The number of likely N-dealkylation sites (N-methyl/N-ethyl adjacent to an activating group) is 1. The second-order valence-electron chi connectivity index (χ2n) is 17.0. The summed E-state index contributed by atoms with van der Waals surface area (Å²) < 4.78 is 23.6. The van der Waals surface area contributed by atoms with E-state index in [-0.39, 0.29) is 37.0 Å². The number of anilines is 1. The topological polar surface area (TPSA) is 168 Å². The van der Waals surface area contributed by atoms with Crippen LogP contribution in [0.3, 0.4) is 0 Å². The maximum atomic E-state index is 15.2. The molecule has 0 radical (unpaired) electrons. The number of allylic oxidation sites excluding steroid dienone is 1. The van der Waals surface area contributed by atoms with E-state index in [1.54, 1.807) is 18.1 Å². The highest BCUT2D eigenvalue weighted by atomic mass is 16.6. The zero-order valence-corrected chi connectivity index (χ0v) is 35.3. The molecule has 1 saturated heterocycles. The van der Waals surface area contributed by atoms with Gasteiger partial charge in [0.25, 0.3) is 0 Å². The average molecular weight is 823 g/mol. The number of benzene rings is 2. The molecule has 1 spiro atoms. The van der Waals surface area contributed by atoms with Gasteiger partial charge in [0.2, 0.25) is 12.0 Å². The van der Waals surface area contributed by atoms with Gasteiger partial charge in [-0.1, -0.05) is 44.2 Å². The van der Waals surface area contributed by atoms with Gasteiger partial charge in [-0.25, -0.2) is 4.79 Å². The number of carbonyl (C=O) groups is 5. The SMILES string of the molecule is CC/C1=C/N(C=O)CCc2c([nH]c3ccccc23)[C@@](C(=O)OC)(c2cc3c(cc2OC)N(C)[C@@H]2C34CCN3CC=C[C@](CC)([C@H]34)[C@@H](OC(C)=O)[C@]2(O)C(=O)OC)CC(=O)C1. The fourth-order valence-corrected chi connectivity index (χ4v) is 12.2. The van der Waals surface area contributed by atoms with Gasteiger partial charge in [-0.2, -0.15) is 0 Å². The quantitative estimate of drug-likeness (QED) is 0.144. The Bertz CT molecular complexity index is 2350. The van der Waals surface area contributed by atoms with E-state index in [2.05, 4.69) is 9.88 Å². The molecule has 4 aliphatic heterocycles. The molecule has 8 rings (SSSR count). The van der Waals surface area contributed by atoms with Crippen LogP contribution in [0.25, 0.3) is 10.9 Å². The number of hydrogen-bond donors (Lipinski definition) is 2. The summed E-state index contributed by atoms with van der Waals surface area (Å²) in [7, 11) is 5.83. The Morgan fingerprint density at radius 2 is 1.77 bits per heavy atom. The van der Waals surface area contributed by atoms with Crippen LogP contribution in [0.15, 0.2) is 60.3 Å². The third-order valence-corrected chi connectivity index (χ3v) is 14.4. The molecule has 14 nitrogen and oxygen atoms in total. The van der Waals surface area contributed by atoms with Crippen LogP contribution >= 0.6 is 0 Å². The summed E-state index contributed by atoms with van der Waals surface area (Å²) in [6, 6.07) is 10.0. The molecule has 318 valence electrons. The predicted octanol–water partition coefficient (Wildman–Crippen LogP) is 4.24. The van der Waals surface area contributed by atoms with Crippen LogP contribution in [-0.2, 0) is 55.4 Å². The summed E-state index contributed by atoms with van der Waals surface area (Å²) in [5.41, 5.74) is -1.78. The van der Waals surface area contributed by atoms with Gasteiger partial charge >= 0.3 is 17.9 Å². The number of para-hydroxylation sites is 1. The van der Waals surface area contributed by atoms with Crippen LogP contribution in [-0.4, -0.2) is 122 Å².